The first-order valence-electron chi connectivity index (χ1n) is 8.68. The number of aromatic nitrogens is 2. The molecule has 2 amide bonds. The van der Waals surface area contributed by atoms with Gasteiger partial charge in [0.2, 0.25) is 5.91 Å². The van der Waals surface area contributed by atoms with E-state index < -0.39 is 23.7 Å². The van der Waals surface area contributed by atoms with Gasteiger partial charge in [-0.25, -0.2) is 9.37 Å². The van der Waals surface area contributed by atoms with Crippen molar-refractivity contribution in [1.82, 2.24) is 9.55 Å². The van der Waals surface area contributed by atoms with Crippen LogP contribution in [-0.2, 0) is 11.8 Å². The van der Waals surface area contributed by atoms with E-state index in [-0.39, 0.29) is 17.2 Å². The average molecular weight is 384 g/mol. The number of nitrogens with zero attached hydrogens (tertiary/aromatic N) is 2. The number of hydrogen-bond donors (Lipinski definition) is 4. The van der Waals surface area contributed by atoms with Crippen molar-refractivity contribution in [3.63, 3.8) is 0 Å². The van der Waals surface area contributed by atoms with Crippen LogP contribution in [0.25, 0.3) is 10.9 Å². The number of rotatable bonds is 7. The van der Waals surface area contributed by atoms with Gasteiger partial charge in [0.1, 0.15) is 11.9 Å². The highest BCUT2D eigenvalue weighted by Crippen LogP contribution is 2.26. The number of amides is 2. The van der Waals surface area contributed by atoms with E-state index in [1.807, 2.05) is 42.1 Å². The van der Waals surface area contributed by atoms with Gasteiger partial charge in [-0.05, 0) is 36.8 Å². The predicted octanol–water partition coefficient (Wildman–Crippen LogP) is 2.23. The van der Waals surface area contributed by atoms with Crippen LogP contribution in [0.15, 0.2) is 36.5 Å². The Kier molecular flexibility index (Phi) is 5.16. The first-order valence-corrected chi connectivity index (χ1v) is 8.68. The van der Waals surface area contributed by atoms with Gasteiger partial charge < -0.3 is 26.7 Å². The van der Waals surface area contributed by atoms with Crippen LogP contribution in [0.4, 0.5) is 21.7 Å². The lowest BCUT2D eigenvalue weighted by molar-refractivity contribution is -0.118. The Morgan fingerprint density at radius 3 is 2.61 bits per heavy atom. The molecule has 0 aliphatic heterocycles. The van der Waals surface area contributed by atoms with Crippen LogP contribution in [0.3, 0.4) is 0 Å². The van der Waals surface area contributed by atoms with E-state index >= 15 is 0 Å². The molecule has 0 radical (unpaired) electrons. The predicted molar refractivity (Wildman–Crippen MR) is 106 cm³/mol. The molecule has 8 nitrogen and oxygen atoms in total. The largest absolute Gasteiger partial charge is 0.368 e. The molecule has 2 aromatic heterocycles. The van der Waals surface area contributed by atoms with Crippen LogP contribution in [0.1, 0.15) is 23.7 Å². The second kappa shape index (κ2) is 7.55. The van der Waals surface area contributed by atoms with Crippen LogP contribution in [0.2, 0.25) is 0 Å². The molecule has 0 spiro atoms. The van der Waals surface area contributed by atoms with Gasteiger partial charge in [-0.3, -0.25) is 9.59 Å². The molecule has 1 aromatic carbocycles. The van der Waals surface area contributed by atoms with E-state index in [9.17, 15) is 14.0 Å². The minimum Gasteiger partial charge on any atom is -0.368 e. The molecule has 28 heavy (non-hydrogen) atoms. The Morgan fingerprint density at radius 1 is 1.21 bits per heavy atom. The van der Waals surface area contributed by atoms with E-state index in [0.717, 1.165) is 17.0 Å². The van der Waals surface area contributed by atoms with Gasteiger partial charge in [0, 0.05) is 29.8 Å². The lowest BCUT2D eigenvalue weighted by Gasteiger charge is -2.17. The molecule has 2 heterocycles. The van der Waals surface area contributed by atoms with Crippen LogP contribution >= 0.6 is 0 Å². The number of nitrogens with two attached hydrogens (primary N) is 2. The third-order valence-electron chi connectivity index (χ3n) is 4.45. The number of hydrogen-bond acceptors (Lipinski definition) is 5. The lowest BCUT2D eigenvalue weighted by atomic mass is 10.2. The van der Waals surface area contributed by atoms with Crippen molar-refractivity contribution in [2.75, 3.05) is 10.6 Å². The van der Waals surface area contributed by atoms with Gasteiger partial charge >= 0.3 is 0 Å². The van der Waals surface area contributed by atoms with Crippen LogP contribution in [0.5, 0.6) is 0 Å². The number of primary amides is 2. The van der Waals surface area contributed by atoms with E-state index in [1.54, 1.807) is 6.92 Å². The fourth-order valence-corrected chi connectivity index (χ4v) is 2.91. The lowest BCUT2D eigenvalue weighted by Crippen LogP contribution is -2.35. The van der Waals surface area contributed by atoms with Gasteiger partial charge in [-0.1, -0.05) is 6.92 Å². The first kappa shape index (κ1) is 19.2. The number of nitrogens with one attached hydrogen (secondary N) is 2. The fraction of sp³-hybridized carbons (Fsp3) is 0.211. The Bertz CT molecular complexity index is 1060. The number of carbonyl (C=O) groups excluding carboxylic acids is 2. The molecule has 0 saturated heterocycles. The third kappa shape index (κ3) is 3.73. The molecule has 146 valence electrons. The van der Waals surface area contributed by atoms with E-state index in [4.69, 9.17) is 11.5 Å². The maximum atomic E-state index is 14.4. The van der Waals surface area contributed by atoms with Gasteiger partial charge in [0.15, 0.2) is 11.6 Å². The highest BCUT2D eigenvalue weighted by Gasteiger charge is 2.20. The van der Waals surface area contributed by atoms with E-state index in [1.165, 1.54) is 0 Å². The third-order valence-corrected chi connectivity index (χ3v) is 4.45. The van der Waals surface area contributed by atoms with Crippen molar-refractivity contribution in [3.05, 3.63) is 47.9 Å². The van der Waals surface area contributed by atoms with Crippen molar-refractivity contribution in [2.24, 2.45) is 18.5 Å². The molecule has 0 saturated carbocycles. The van der Waals surface area contributed by atoms with Crippen LogP contribution in [-0.4, -0.2) is 27.4 Å². The van der Waals surface area contributed by atoms with E-state index in [2.05, 4.69) is 15.6 Å². The molecule has 6 N–H and O–H groups in total. The van der Waals surface area contributed by atoms with Crippen LogP contribution in [0, 0.1) is 5.82 Å². The average Bonchev–Trinajstić information content (AvgIpc) is 3.01. The molecule has 0 fully saturated rings. The van der Waals surface area contributed by atoms with Gasteiger partial charge in [0.25, 0.3) is 5.91 Å². The number of halogens is 1. The number of aryl methyl sites for hydroxylation is 1. The Balaban J connectivity index is 2.00. The highest BCUT2D eigenvalue weighted by atomic mass is 19.1. The quantitative estimate of drug-likeness (QED) is 0.497. The molecule has 1 atom stereocenters. The Labute approximate surface area is 160 Å². The number of anilines is 3. The monoisotopic (exact) mass is 384 g/mol. The number of carbonyl (C=O) groups is 2. The fourth-order valence-electron chi connectivity index (χ4n) is 2.91. The molecule has 3 aromatic rings. The minimum absolute atomic E-state index is 0.0750. The van der Waals surface area contributed by atoms with Crippen molar-refractivity contribution >= 4 is 40.0 Å². The molecule has 3 rings (SSSR count). The zero-order chi connectivity index (χ0) is 20.4. The normalized spacial score (nSPS) is 12.0. The summed E-state index contributed by atoms with van der Waals surface area (Å²) in [4.78, 5) is 27.3. The maximum absolute atomic E-state index is 14.4. The Hall–Kier alpha value is -3.62. The minimum atomic E-state index is -0.830. The zero-order valence-corrected chi connectivity index (χ0v) is 15.5. The smallest absolute Gasteiger partial charge is 0.252 e. The number of fused-ring (bicyclic) bond motifs is 1. The summed E-state index contributed by atoms with van der Waals surface area (Å²) in [5.74, 6) is -2.39. The zero-order valence-electron chi connectivity index (χ0n) is 15.5. The second-order valence-electron chi connectivity index (χ2n) is 6.41. The number of pyridine rings is 1. The molecular formula is C19H21FN6O2. The molecular weight excluding hydrogens is 363 g/mol. The van der Waals surface area contributed by atoms with Crippen LogP contribution < -0.4 is 22.1 Å². The van der Waals surface area contributed by atoms with Crippen molar-refractivity contribution in [1.29, 1.82) is 0 Å². The molecule has 9 heteroatoms. The van der Waals surface area contributed by atoms with E-state index in [0.29, 0.717) is 12.1 Å². The highest BCUT2D eigenvalue weighted by molar-refractivity contribution is 5.99. The molecule has 0 bridgehead atoms. The van der Waals surface area contributed by atoms with Gasteiger partial charge in [-0.15, -0.1) is 0 Å². The first-order chi connectivity index (χ1) is 13.3. The summed E-state index contributed by atoms with van der Waals surface area (Å²) < 4.78 is 16.4. The summed E-state index contributed by atoms with van der Waals surface area (Å²) in [6.45, 7) is 1.73. The van der Waals surface area contributed by atoms with Gasteiger partial charge in [-0.2, -0.15) is 0 Å². The Morgan fingerprint density at radius 2 is 1.96 bits per heavy atom. The maximum Gasteiger partial charge on any atom is 0.252 e. The molecule has 0 aliphatic rings. The summed E-state index contributed by atoms with van der Waals surface area (Å²) in [7, 11) is 1.93. The van der Waals surface area contributed by atoms with Gasteiger partial charge in [0.05, 0.1) is 5.56 Å². The molecule has 0 aliphatic carbocycles. The second-order valence-corrected chi connectivity index (χ2v) is 6.41. The molecule has 0 unspecified atom stereocenters. The SMILES string of the molecule is CC[C@@H](Nc1nc(Nc2ccc3c(ccn3C)c2)c(C(N)=O)cc1F)C(N)=O. The summed E-state index contributed by atoms with van der Waals surface area (Å²) in [6, 6.07) is 7.72. The summed E-state index contributed by atoms with van der Waals surface area (Å²) in [5.41, 5.74) is 12.2. The van der Waals surface area contributed by atoms with Crippen molar-refractivity contribution < 1.29 is 14.0 Å². The number of benzene rings is 1. The van der Waals surface area contributed by atoms with Crippen molar-refractivity contribution in [2.45, 2.75) is 19.4 Å². The topological polar surface area (TPSA) is 128 Å². The summed E-state index contributed by atoms with van der Waals surface area (Å²) in [5, 5.41) is 6.64. The van der Waals surface area contributed by atoms with Crippen molar-refractivity contribution in [3.8, 4) is 0 Å². The summed E-state index contributed by atoms with van der Waals surface area (Å²) >= 11 is 0. The standard InChI is InChI=1S/C19H21FN6O2/c1-3-14(17(22)28)24-19-13(20)9-12(16(21)27)18(25-19)23-11-4-5-15-10(8-11)6-7-26(15)2/h4-9,14H,3H2,1-2H3,(H2,21,27)(H2,22,28)(H2,23,24,25)/t14-/m1/s1. The summed E-state index contributed by atoms with van der Waals surface area (Å²) in [6.07, 6.45) is 2.28.